The van der Waals surface area contributed by atoms with Gasteiger partial charge in [0.2, 0.25) is 5.75 Å². The summed E-state index contributed by atoms with van der Waals surface area (Å²) in [5.41, 5.74) is 3.14. The second-order valence-electron chi connectivity index (χ2n) is 8.66. The summed E-state index contributed by atoms with van der Waals surface area (Å²) < 4.78 is 6.02. The van der Waals surface area contributed by atoms with Crippen molar-refractivity contribution in [2.75, 3.05) is 13.6 Å². The molecule has 6 heteroatoms. The van der Waals surface area contributed by atoms with Gasteiger partial charge in [0.05, 0.1) is 4.92 Å². The van der Waals surface area contributed by atoms with Crippen LogP contribution in [0, 0.1) is 16.0 Å². The Balaban J connectivity index is 0.00000205. The molecule has 3 aliphatic rings. The molecule has 2 fully saturated rings. The number of rotatable bonds is 3. The summed E-state index contributed by atoms with van der Waals surface area (Å²) in [4.78, 5) is 13.5. The van der Waals surface area contributed by atoms with Crippen LogP contribution in [0.2, 0.25) is 0 Å². The lowest BCUT2D eigenvalue weighted by atomic mass is 9.52. The maximum atomic E-state index is 11.3. The maximum absolute atomic E-state index is 11.3. The van der Waals surface area contributed by atoms with Crippen molar-refractivity contribution in [2.45, 2.75) is 50.0 Å². The quantitative estimate of drug-likeness (QED) is 0.491. The summed E-state index contributed by atoms with van der Waals surface area (Å²) in [5, 5.41) is 11.3. The lowest BCUT2D eigenvalue weighted by Crippen LogP contribution is -2.59. The highest BCUT2D eigenvalue weighted by molar-refractivity contribution is 5.85. The summed E-state index contributed by atoms with van der Waals surface area (Å²) in [6.45, 7) is 1.15. The highest BCUT2D eigenvalue weighted by atomic mass is 35.5. The van der Waals surface area contributed by atoms with E-state index in [1.165, 1.54) is 49.3 Å². The molecule has 154 valence electrons. The second kappa shape index (κ2) is 7.62. The maximum Gasteiger partial charge on any atom is 0.311 e. The first-order valence-electron chi connectivity index (χ1n) is 10.3. The van der Waals surface area contributed by atoms with Gasteiger partial charge in [0.25, 0.3) is 0 Å². The van der Waals surface area contributed by atoms with Crippen molar-refractivity contribution in [2.24, 2.45) is 5.92 Å². The number of hydrogen-bond donors (Lipinski definition) is 0. The van der Waals surface area contributed by atoms with E-state index in [2.05, 4.69) is 24.1 Å². The molecule has 5 rings (SSSR count). The fraction of sp³-hybridized carbons (Fsp3) is 0.478. The number of para-hydroxylation sites is 2. The summed E-state index contributed by atoms with van der Waals surface area (Å²) in [5.74, 6) is 1.74. The summed E-state index contributed by atoms with van der Waals surface area (Å²) in [7, 11) is 2.28. The van der Waals surface area contributed by atoms with Crippen LogP contribution in [-0.2, 0) is 11.8 Å². The molecule has 0 unspecified atom stereocenters. The van der Waals surface area contributed by atoms with Crippen molar-refractivity contribution in [1.29, 1.82) is 0 Å². The number of nitro benzene ring substituents is 1. The monoisotopic (exact) mass is 414 g/mol. The predicted octanol–water partition coefficient (Wildman–Crippen LogP) is 5.50. The molecule has 0 N–H and O–H groups in total. The van der Waals surface area contributed by atoms with E-state index in [0.29, 0.717) is 23.5 Å². The average molecular weight is 415 g/mol. The van der Waals surface area contributed by atoms with Gasteiger partial charge in [-0.2, -0.15) is 0 Å². The molecule has 3 atom stereocenters. The Bertz CT molecular complexity index is 934. The first-order chi connectivity index (χ1) is 13.6. The number of hydrogen-bond acceptors (Lipinski definition) is 4. The molecular weight excluding hydrogens is 388 g/mol. The fourth-order valence-electron chi connectivity index (χ4n) is 6.06. The van der Waals surface area contributed by atoms with Crippen LogP contribution in [0.5, 0.6) is 11.5 Å². The fourth-order valence-corrected chi connectivity index (χ4v) is 6.06. The minimum absolute atomic E-state index is 0. The van der Waals surface area contributed by atoms with E-state index in [0.717, 1.165) is 13.0 Å². The molecule has 2 aromatic carbocycles. The van der Waals surface area contributed by atoms with Crippen LogP contribution in [0.1, 0.15) is 43.2 Å². The molecule has 2 bridgehead atoms. The molecule has 2 aliphatic carbocycles. The van der Waals surface area contributed by atoms with Gasteiger partial charge in [-0.1, -0.05) is 31.0 Å². The van der Waals surface area contributed by atoms with Gasteiger partial charge in [0.1, 0.15) is 5.75 Å². The predicted molar refractivity (Wildman–Crippen MR) is 115 cm³/mol. The number of nitrogens with zero attached hydrogens (tertiary/aromatic N) is 2. The van der Waals surface area contributed by atoms with Crippen LogP contribution < -0.4 is 4.74 Å². The van der Waals surface area contributed by atoms with Crippen LogP contribution in [0.4, 0.5) is 5.69 Å². The number of halogens is 1. The topological polar surface area (TPSA) is 55.6 Å². The van der Waals surface area contributed by atoms with Gasteiger partial charge in [0.15, 0.2) is 0 Å². The van der Waals surface area contributed by atoms with E-state index < -0.39 is 0 Å². The van der Waals surface area contributed by atoms with Crippen LogP contribution in [0.3, 0.4) is 0 Å². The molecule has 1 saturated heterocycles. The summed E-state index contributed by atoms with van der Waals surface area (Å²) in [6.07, 6.45) is 7.49. The number of fused-ring (bicyclic) bond motifs is 1. The van der Waals surface area contributed by atoms with Gasteiger partial charge in [-0.15, -0.1) is 12.4 Å². The van der Waals surface area contributed by atoms with Gasteiger partial charge >= 0.3 is 5.69 Å². The highest BCUT2D eigenvalue weighted by Gasteiger charge is 2.53. The standard InChI is InChI=1S/C23H26N2O3.ClH/c1-24-13-12-23-11-5-4-6-18(23)21(24)14-16-9-10-17(15-19(16)23)28-22-8-3-2-7-20(22)25(26)27;/h2-3,7-10,15,18,21H,4-6,11-14H2,1H3;1H/t18-,21+,23+;/m0./s1. The van der Waals surface area contributed by atoms with Crippen molar-refractivity contribution in [3.05, 3.63) is 63.7 Å². The van der Waals surface area contributed by atoms with Gasteiger partial charge < -0.3 is 9.64 Å². The molecule has 1 saturated carbocycles. The number of nitro groups is 1. The Morgan fingerprint density at radius 1 is 1.17 bits per heavy atom. The Hall–Kier alpha value is -2.11. The van der Waals surface area contributed by atoms with Crippen LogP contribution in [0.15, 0.2) is 42.5 Å². The lowest BCUT2D eigenvalue weighted by molar-refractivity contribution is -0.385. The second-order valence-corrected chi connectivity index (χ2v) is 8.66. The molecule has 2 aromatic rings. The zero-order chi connectivity index (χ0) is 19.3. The van der Waals surface area contributed by atoms with Crippen molar-refractivity contribution in [3.63, 3.8) is 0 Å². The highest BCUT2D eigenvalue weighted by Crippen LogP contribution is 2.56. The van der Waals surface area contributed by atoms with E-state index >= 15 is 0 Å². The summed E-state index contributed by atoms with van der Waals surface area (Å²) >= 11 is 0. The lowest BCUT2D eigenvalue weighted by Gasteiger charge is -2.58. The molecule has 0 spiro atoms. The Labute approximate surface area is 177 Å². The Morgan fingerprint density at radius 2 is 2.00 bits per heavy atom. The normalized spacial score (nSPS) is 27.9. The van der Waals surface area contributed by atoms with Crippen molar-refractivity contribution in [1.82, 2.24) is 4.90 Å². The van der Waals surface area contributed by atoms with Gasteiger partial charge in [-0.05, 0) is 74.5 Å². The number of likely N-dealkylation sites (N-methyl/N-ethyl adjacent to an activating group) is 1. The molecule has 0 aromatic heterocycles. The smallest absolute Gasteiger partial charge is 0.311 e. The Kier molecular flexibility index (Phi) is 5.30. The van der Waals surface area contributed by atoms with Crippen LogP contribution in [-0.4, -0.2) is 29.5 Å². The zero-order valence-electron chi connectivity index (χ0n) is 16.7. The average Bonchev–Trinajstić information content (AvgIpc) is 2.71. The van der Waals surface area contributed by atoms with Gasteiger partial charge in [-0.25, -0.2) is 0 Å². The third-order valence-corrected chi connectivity index (χ3v) is 7.38. The molecule has 1 heterocycles. The largest absolute Gasteiger partial charge is 0.450 e. The zero-order valence-corrected chi connectivity index (χ0v) is 17.5. The van der Waals surface area contributed by atoms with E-state index in [4.69, 9.17) is 4.74 Å². The first-order valence-corrected chi connectivity index (χ1v) is 10.3. The van der Waals surface area contributed by atoms with E-state index in [1.807, 2.05) is 6.07 Å². The van der Waals surface area contributed by atoms with Crippen molar-refractivity contribution < 1.29 is 9.66 Å². The molecule has 0 radical (unpaired) electrons. The number of piperidine rings is 1. The number of ether oxygens (including phenoxy) is 1. The minimum Gasteiger partial charge on any atom is -0.450 e. The Morgan fingerprint density at radius 3 is 2.83 bits per heavy atom. The van der Waals surface area contributed by atoms with Crippen molar-refractivity contribution in [3.8, 4) is 11.5 Å². The molecule has 29 heavy (non-hydrogen) atoms. The third-order valence-electron chi connectivity index (χ3n) is 7.38. The molecule has 0 amide bonds. The third kappa shape index (κ3) is 3.21. The van der Waals surface area contributed by atoms with Crippen molar-refractivity contribution >= 4 is 18.1 Å². The first kappa shape index (κ1) is 20.2. The molecular formula is C23H27ClN2O3. The van der Waals surface area contributed by atoms with Gasteiger partial charge in [0, 0.05) is 17.5 Å². The van der Waals surface area contributed by atoms with Gasteiger partial charge in [-0.3, -0.25) is 10.1 Å². The SMILES string of the molecule is CN1CC[C@]23CCCC[C@H]2[C@H]1Cc1ccc(Oc2ccccc2[N+](=O)[O-])cc13.Cl. The molecule has 1 aliphatic heterocycles. The van der Waals surface area contributed by atoms with Crippen LogP contribution in [0.25, 0.3) is 0 Å². The van der Waals surface area contributed by atoms with Crippen LogP contribution >= 0.6 is 12.4 Å². The van der Waals surface area contributed by atoms with E-state index in [-0.39, 0.29) is 28.4 Å². The number of benzene rings is 2. The van der Waals surface area contributed by atoms with E-state index in [1.54, 1.807) is 18.2 Å². The van der Waals surface area contributed by atoms with E-state index in [9.17, 15) is 10.1 Å². The number of likely N-dealkylation sites (tertiary alicyclic amines) is 1. The minimum atomic E-state index is -0.384. The summed E-state index contributed by atoms with van der Waals surface area (Å²) in [6, 6.07) is 13.6. The molecule has 5 nitrogen and oxygen atoms in total.